The smallest absolute Gasteiger partial charge is 0.253 e. The summed E-state index contributed by atoms with van der Waals surface area (Å²) in [5, 5.41) is 5.31. The van der Waals surface area contributed by atoms with Gasteiger partial charge in [-0.25, -0.2) is 4.98 Å². The number of amides is 1. The molecule has 3 aliphatic rings. The third kappa shape index (κ3) is 2.94. The van der Waals surface area contributed by atoms with Crippen molar-refractivity contribution in [2.45, 2.75) is 22.9 Å². The first-order chi connectivity index (χ1) is 14.7. The predicted molar refractivity (Wildman–Crippen MR) is 123 cm³/mol. The van der Waals surface area contributed by atoms with Gasteiger partial charge in [-0.3, -0.25) is 9.69 Å². The minimum absolute atomic E-state index is 0.0776. The second-order valence-electron chi connectivity index (χ2n) is 8.13. The number of hydrogen-bond donors (Lipinski definition) is 1. The van der Waals surface area contributed by atoms with E-state index in [-0.39, 0.29) is 11.9 Å². The van der Waals surface area contributed by atoms with Crippen LogP contribution in [-0.2, 0) is 0 Å². The number of nitrogens with one attached hydrogen (secondary N) is 1. The number of alkyl halides is 1. The number of fused-ring (bicyclic) bond motifs is 5. The van der Waals surface area contributed by atoms with Crippen LogP contribution < -0.4 is 5.32 Å². The molecule has 3 fully saturated rings. The highest BCUT2D eigenvalue weighted by Crippen LogP contribution is 2.36. The van der Waals surface area contributed by atoms with Gasteiger partial charge in [-0.1, -0.05) is 34.7 Å². The molecule has 0 saturated carbocycles. The second kappa shape index (κ2) is 7.09. The van der Waals surface area contributed by atoms with Gasteiger partial charge in [0, 0.05) is 16.3 Å². The van der Waals surface area contributed by atoms with Crippen molar-refractivity contribution in [2.75, 3.05) is 13.1 Å². The van der Waals surface area contributed by atoms with E-state index in [1.165, 1.54) is 0 Å². The molecule has 2 bridgehead atoms. The van der Waals surface area contributed by atoms with E-state index in [1.807, 2.05) is 36.4 Å². The van der Waals surface area contributed by atoms with Crippen molar-refractivity contribution in [2.24, 2.45) is 5.92 Å². The van der Waals surface area contributed by atoms with Gasteiger partial charge in [-0.05, 0) is 56.1 Å². The molecule has 3 aliphatic heterocycles. The molecule has 0 radical (unpaired) electrons. The van der Waals surface area contributed by atoms with E-state index < -0.39 is 0 Å². The first kappa shape index (κ1) is 18.4. The number of hydrogen-bond acceptors (Lipinski definition) is 5. The van der Waals surface area contributed by atoms with Crippen LogP contribution in [0, 0.1) is 5.92 Å². The topological polar surface area (TPSA) is 71.5 Å². The highest BCUT2D eigenvalue weighted by atomic mass is 127. The molecule has 7 rings (SSSR count). The Balaban J connectivity index is 1.34. The average molecular weight is 513 g/mol. The third-order valence-corrected chi connectivity index (χ3v) is 7.97. The van der Waals surface area contributed by atoms with Crippen LogP contribution in [0.4, 0.5) is 0 Å². The number of piperidine rings is 3. The van der Waals surface area contributed by atoms with E-state index >= 15 is 0 Å². The molecule has 2 aromatic carbocycles. The van der Waals surface area contributed by atoms with Crippen LogP contribution in [0.5, 0.6) is 0 Å². The zero-order valence-electron chi connectivity index (χ0n) is 16.2. The van der Waals surface area contributed by atoms with Crippen molar-refractivity contribution in [3.05, 3.63) is 54.5 Å². The summed E-state index contributed by atoms with van der Waals surface area (Å²) in [4.78, 5) is 20.4. The molecule has 3 saturated heterocycles. The Hall–Kier alpha value is -2.39. The summed E-state index contributed by atoms with van der Waals surface area (Å²) in [6, 6.07) is 11.6. The van der Waals surface area contributed by atoms with Crippen LogP contribution in [-0.4, -0.2) is 39.0 Å². The van der Waals surface area contributed by atoms with Crippen LogP contribution >= 0.6 is 22.6 Å². The van der Waals surface area contributed by atoms with Crippen LogP contribution in [0.25, 0.3) is 33.3 Å². The van der Waals surface area contributed by atoms with E-state index in [2.05, 4.69) is 37.8 Å². The fourth-order valence-electron chi connectivity index (χ4n) is 4.75. The lowest BCUT2D eigenvalue weighted by molar-refractivity contribution is 0.0554. The van der Waals surface area contributed by atoms with Crippen molar-refractivity contribution in [1.82, 2.24) is 15.2 Å². The molecule has 2 aromatic heterocycles. The molecule has 2 unspecified atom stereocenters. The van der Waals surface area contributed by atoms with Gasteiger partial charge in [0.05, 0.1) is 28.2 Å². The summed E-state index contributed by atoms with van der Waals surface area (Å²) in [7, 11) is 0. The maximum absolute atomic E-state index is 13.2. The van der Waals surface area contributed by atoms with Crippen molar-refractivity contribution < 1.29 is 13.6 Å². The SMILES string of the molecule is O=C(NC1C2CCN(CC2)C1I)c1cccc2oc(-c3ccc4cocc4c3)nc12. The van der Waals surface area contributed by atoms with Crippen LogP contribution in [0.1, 0.15) is 23.2 Å². The van der Waals surface area contributed by atoms with Gasteiger partial charge in [0.1, 0.15) is 5.52 Å². The van der Waals surface area contributed by atoms with Crippen molar-refractivity contribution in [3.8, 4) is 11.5 Å². The largest absolute Gasteiger partial charge is 0.471 e. The highest BCUT2D eigenvalue weighted by molar-refractivity contribution is 14.1. The number of halogens is 1. The zero-order valence-corrected chi connectivity index (χ0v) is 18.3. The van der Waals surface area contributed by atoms with Crippen LogP contribution in [0.2, 0.25) is 0 Å². The van der Waals surface area contributed by atoms with Gasteiger partial charge in [0.25, 0.3) is 5.91 Å². The minimum atomic E-state index is -0.0776. The third-order valence-electron chi connectivity index (χ3n) is 6.41. The highest BCUT2D eigenvalue weighted by Gasteiger charge is 2.41. The molecular formula is C23H20IN3O3. The number of para-hydroxylation sites is 1. The number of furan rings is 1. The summed E-state index contributed by atoms with van der Waals surface area (Å²) in [5.74, 6) is 0.976. The molecule has 0 spiro atoms. The first-order valence-corrected chi connectivity index (χ1v) is 11.5. The molecule has 2 atom stereocenters. The van der Waals surface area contributed by atoms with Crippen molar-refractivity contribution in [1.29, 1.82) is 0 Å². The summed E-state index contributed by atoms with van der Waals surface area (Å²) in [6.45, 7) is 2.27. The van der Waals surface area contributed by atoms with Gasteiger partial charge in [0.15, 0.2) is 5.58 Å². The lowest BCUT2D eigenvalue weighted by Crippen LogP contribution is -2.61. The van der Waals surface area contributed by atoms with E-state index in [1.54, 1.807) is 12.5 Å². The number of rotatable bonds is 3. The maximum Gasteiger partial charge on any atom is 0.253 e. The minimum Gasteiger partial charge on any atom is -0.471 e. The molecule has 5 heterocycles. The van der Waals surface area contributed by atoms with Gasteiger partial charge < -0.3 is 14.2 Å². The average Bonchev–Trinajstić information content (AvgIpc) is 3.42. The molecule has 152 valence electrons. The molecular weight excluding hydrogens is 493 g/mol. The lowest BCUT2D eigenvalue weighted by atomic mass is 9.84. The van der Waals surface area contributed by atoms with Gasteiger partial charge in [0.2, 0.25) is 5.89 Å². The summed E-state index contributed by atoms with van der Waals surface area (Å²) >= 11 is 2.47. The maximum atomic E-state index is 13.2. The summed E-state index contributed by atoms with van der Waals surface area (Å²) < 4.78 is 11.6. The fourth-order valence-corrected chi connectivity index (χ4v) is 6.07. The number of carbonyl (C=O) groups is 1. The molecule has 1 N–H and O–H groups in total. The second-order valence-corrected chi connectivity index (χ2v) is 9.41. The Kier molecular flexibility index (Phi) is 4.35. The molecule has 1 amide bonds. The van der Waals surface area contributed by atoms with E-state index in [4.69, 9.17) is 8.83 Å². The molecule has 7 heteroatoms. The van der Waals surface area contributed by atoms with Crippen molar-refractivity contribution in [3.63, 3.8) is 0 Å². The predicted octanol–water partition coefficient (Wildman–Crippen LogP) is 4.83. The zero-order chi connectivity index (χ0) is 20.2. The quantitative estimate of drug-likeness (QED) is 0.242. The van der Waals surface area contributed by atoms with Gasteiger partial charge in [-0.2, -0.15) is 0 Å². The molecule has 4 aromatic rings. The normalized spacial score (nSPS) is 25.8. The first-order valence-electron chi connectivity index (χ1n) is 10.2. The number of carbonyl (C=O) groups excluding carboxylic acids is 1. The lowest BCUT2D eigenvalue weighted by Gasteiger charge is -2.48. The Bertz CT molecular complexity index is 1250. The summed E-state index contributed by atoms with van der Waals surface area (Å²) in [5.41, 5.74) is 2.64. The number of benzene rings is 2. The Morgan fingerprint density at radius 2 is 1.97 bits per heavy atom. The monoisotopic (exact) mass is 513 g/mol. The van der Waals surface area contributed by atoms with E-state index in [0.29, 0.717) is 32.5 Å². The number of aromatic nitrogens is 1. The molecule has 0 aliphatic carbocycles. The Morgan fingerprint density at radius 3 is 2.80 bits per heavy atom. The standard InChI is InChI=1S/C23H20IN3O3/c24-21-19(13-6-8-27(21)9-7-13)25-22(28)17-2-1-3-18-20(17)26-23(30-18)14-4-5-15-11-29-12-16(15)10-14/h1-5,10-13,19,21H,6-9H2,(H,25,28). The number of oxazole rings is 1. The van der Waals surface area contributed by atoms with Gasteiger partial charge >= 0.3 is 0 Å². The summed E-state index contributed by atoms with van der Waals surface area (Å²) in [6.07, 6.45) is 5.72. The van der Waals surface area contributed by atoms with Crippen LogP contribution in [0.3, 0.4) is 0 Å². The van der Waals surface area contributed by atoms with E-state index in [9.17, 15) is 4.79 Å². The molecule has 30 heavy (non-hydrogen) atoms. The van der Waals surface area contributed by atoms with E-state index in [0.717, 1.165) is 42.3 Å². The fraction of sp³-hybridized carbons (Fsp3) is 0.304. The Labute approximate surface area is 186 Å². The Morgan fingerprint density at radius 1 is 1.13 bits per heavy atom. The van der Waals surface area contributed by atoms with Crippen LogP contribution in [0.15, 0.2) is 57.8 Å². The van der Waals surface area contributed by atoms with Crippen molar-refractivity contribution >= 4 is 50.4 Å². The molecule has 6 nitrogen and oxygen atoms in total. The van der Waals surface area contributed by atoms with Gasteiger partial charge in [-0.15, -0.1) is 0 Å². The number of nitrogens with zero attached hydrogens (tertiary/aromatic N) is 2.